The van der Waals surface area contributed by atoms with Crippen molar-refractivity contribution in [1.82, 2.24) is 5.32 Å². The number of carbonyl (C=O) groups excluding carboxylic acids is 2. The van der Waals surface area contributed by atoms with E-state index in [4.69, 9.17) is 10.8 Å². The number of nitrogens with two attached hydrogens (primary N) is 1. The van der Waals surface area contributed by atoms with E-state index in [2.05, 4.69) is 5.32 Å². The average molecular weight is 146 g/mol. The first-order valence-electron chi connectivity index (χ1n) is 2.77. The quantitative estimate of drug-likeness (QED) is 0.428. The summed E-state index contributed by atoms with van der Waals surface area (Å²) in [5.74, 6) is -1.23. The molecule has 0 heterocycles. The highest BCUT2D eigenvalue weighted by Gasteiger charge is 2.09. The molecule has 0 aromatic heterocycles. The third kappa shape index (κ3) is 3.03. The molecule has 0 radical (unpaired) electrons. The molecule has 0 spiro atoms. The summed E-state index contributed by atoms with van der Waals surface area (Å²) in [6, 6.07) is -0.723. The van der Waals surface area contributed by atoms with E-state index in [0.717, 1.165) is 0 Å². The third-order valence-electron chi connectivity index (χ3n) is 0.948. The molecular weight excluding hydrogens is 136 g/mol. The van der Waals surface area contributed by atoms with Gasteiger partial charge in [0.05, 0.1) is 0 Å². The molecule has 0 bridgehead atoms. The number of rotatable bonds is 3. The van der Waals surface area contributed by atoms with Crippen molar-refractivity contribution in [2.45, 2.75) is 13.0 Å². The van der Waals surface area contributed by atoms with Crippen LogP contribution in [0, 0.1) is 0 Å². The second kappa shape index (κ2) is 3.84. The van der Waals surface area contributed by atoms with Gasteiger partial charge in [0, 0.05) is 0 Å². The lowest BCUT2D eigenvalue weighted by atomic mass is 10.3. The van der Waals surface area contributed by atoms with Crippen molar-refractivity contribution in [3.63, 3.8) is 0 Å². The molecule has 0 aromatic carbocycles. The van der Waals surface area contributed by atoms with Gasteiger partial charge in [0.25, 0.3) is 0 Å². The topological polar surface area (TPSA) is 92.4 Å². The molecule has 4 N–H and O–H groups in total. The number of carbonyl (C=O) groups is 2. The molecule has 0 saturated carbocycles. The number of primary amides is 1. The zero-order chi connectivity index (χ0) is 8.15. The number of nitrogens with one attached hydrogen (secondary N) is 1. The van der Waals surface area contributed by atoms with Crippen molar-refractivity contribution in [3.8, 4) is 0 Å². The zero-order valence-corrected chi connectivity index (χ0v) is 5.63. The minimum Gasteiger partial charge on any atom is -0.387 e. The normalized spacial score (nSPS) is 12.2. The van der Waals surface area contributed by atoms with Crippen LogP contribution in [0.5, 0.6) is 0 Å². The lowest BCUT2D eigenvalue weighted by Crippen LogP contribution is -2.43. The minimum absolute atomic E-state index is 0.605. The number of hydrogen-bond donors (Lipinski definition) is 3. The predicted octanol–water partition coefficient (Wildman–Crippen LogP) is -2.03. The molecule has 0 fully saturated rings. The van der Waals surface area contributed by atoms with Crippen molar-refractivity contribution in [3.05, 3.63) is 0 Å². The minimum atomic E-state index is -0.723. The van der Waals surface area contributed by atoms with Crippen LogP contribution in [0.2, 0.25) is 0 Å². The molecule has 0 aliphatic rings. The van der Waals surface area contributed by atoms with Crippen LogP contribution >= 0.6 is 0 Å². The van der Waals surface area contributed by atoms with Crippen LogP contribution in [0.3, 0.4) is 0 Å². The Kier molecular flexibility index (Phi) is 3.42. The number of amides is 2. The van der Waals surface area contributed by atoms with Crippen LogP contribution in [0.4, 0.5) is 0 Å². The summed E-state index contributed by atoms with van der Waals surface area (Å²) in [4.78, 5) is 20.6. The lowest BCUT2D eigenvalue weighted by molar-refractivity contribution is -0.128. The van der Waals surface area contributed by atoms with Gasteiger partial charge in [0.1, 0.15) is 12.6 Å². The SMILES string of the molecule is CC(NC(=O)CO)C(N)=O. The van der Waals surface area contributed by atoms with Crippen LogP contribution < -0.4 is 11.1 Å². The van der Waals surface area contributed by atoms with Gasteiger partial charge in [-0.15, -0.1) is 0 Å². The van der Waals surface area contributed by atoms with Crippen molar-refractivity contribution in [1.29, 1.82) is 0 Å². The van der Waals surface area contributed by atoms with E-state index in [-0.39, 0.29) is 0 Å². The molecular formula is C5H10N2O3. The van der Waals surface area contributed by atoms with Crippen LogP contribution in [-0.2, 0) is 9.59 Å². The van der Waals surface area contributed by atoms with E-state index in [0.29, 0.717) is 0 Å². The van der Waals surface area contributed by atoms with E-state index in [1.54, 1.807) is 0 Å². The van der Waals surface area contributed by atoms with Gasteiger partial charge in [0.15, 0.2) is 0 Å². The molecule has 58 valence electrons. The molecule has 0 aliphatic carbocycles. The largest absolute Gasteiger partial charge is 0.387 e. The predicted molar refractivity (Wildman–Crippen MR) is 33.9 cm³/mol. The fraction of sp³-hybridized carbons (Fsp3) is 0.600. The van der Waals surface area contributed by atoms with Crippen LogP contribution in [0.25, 0.3) is 0 Å². The number of aliphatic hydroxyl groups excluding tert-OH is 1. The fourth-order valence-electron chi connectivity index (χ4n) is 0.358. The first-order chi connectivity index (χ1) is 4.57. The summed E-state index contributed by atoms with van der Waals surface area (Å²) < 4.78 is 0. The fourth-order valence-corrected chi connectivity index (χ4v) is 0.358. The lowest BCUT2D eigenvalue weighted by Gasteiger charge is -2.07. The van der Waals surface area contributed by atoms with Gasteiger partial charge < -0.3 is 16.2 Å². The molecule has 5 heteroatoms. The second-order valence-corrected chi connectivity index (χ2v) is 1.85. The van der Waals surface area contributed by atoms with Gasteiger partial charge in [-0.25, -0.2) is 0 Å². The third-order valence-corrected chi connectivity index (χ3v) is 0.948. The molecule has 0 aliphatic heterocycles. The Morgan fingerprint density at radius 2 is 2.20 bits per heavy atom. The summed E-state index contributed by atoms with van der Waals surface area (Å²) in [7, 11) is 0. The van der Waals surface area contributed by atoms with Gasteiger partial charge in [-0.3, -0.25) is 9.59 Å². The maximum absolute atomic E-state index is 10.4. The standard InChI is InChI=1S/C5H10N2O3/c1-3(5(6)10)7-4(9)2-8/h3,8H,2H2,1H3,(H2,6,10)(H,7,9). The number of aliphatic hydroxyl groups is 1. The van der Waals surface area contributed by atoms with E-state index in [1.165, 1.54) is 6.92 Å². The molecule has 0 saturated heterocycles. The maximum Gasteiger partial charge on any atom is 0.246 e. The van der Waals surface area contributed by atoms with Crippen molar-refractivity contribution >= 4 is 11.8 Å². The molecule has 10 heavy (non-hydrogen) atoms. The van der Waals surface area contributed by atoms with Gasteiger partial charge >= 0.3 is 0 Å². The van der Waals surface area contributed by atoms with Crippen molar-refractivity contribution in [2.24, 2.45) is 5.73 Å². The monoisotopic (exact) mass is 146 g/mol. The molecule has 1 atom stereocenters. The van der Waals surface area contributed by atoms with Crippen molar-refractivity contribution < 1.29 is 14.7 Å². The van der Waals surface area contributed by atoms with E-state index < -0.39 is 24.5 Å². The van der Waals surface area contributed by atoms with E-state index >= 15 is 0 Å². The smallest absolute Gasteiger partial charge is 0.246 e. The number of hydrogen-bond acceptors (Lipinski definition) is 3. The second-order valence-electron chi connectivity index (χ2n) is 1.85. The zero-order valence-electron chi connectivity index (χ0n) is 5.63. The van der Waals surface area contributed by atoms with Gasteiger partial charge in [0.2, 0.25) is 11.8 Å². The van der Waals surface area contributed by atoms with Crippen LogP contribution in [0.1, 0.15) is 6.92 Å². The molecule has 2 amide bonds. The van der Waals surface area contributed by atoms with Gasteiger partial charge in [-0.05, 0) is 6.92 Å². The Morgan fingerprint density at radius 3 is 2.50 bits per heavy atom. The summed E-state index contributed by atoms with van der Waals surface area (Å²) in [5.41, 5.74) is 4.80. The highest BCUT2D eigenvalue weighted by atomic mass is 16.3. The Bertz CT molecular complexity index is 146. The van der Waals surface area contributed by atoms with Gasteiger partial charge in [-0.1, -0.05) is 0 Å². The van der Waals surface area contributed by atoms with Crippen LogP contribution in [-0.4, -0.2) is 29.6 Å². The van der Waals surface area contributed by atoms with E-state index in [1.807, 2.05) is 0 Å². The molecule has 1 unspecified atom stereocenters. The Hall–Kier alpha value is -1.10. The Morgan fingerprint density at radius 1 is 1.70 bits per heavy atom. The maximum atomic E-state index is 10.4. The highest BCUT2D eigenvalue weighted by molar-refractivity contribution is 5.86. The highest BCUT2D eigenvalue weighted by Crippen LogP contribution is 1.76. The van der Waals surface area contributed by atoms with Crippen molar-refractivity contribution in [2.75, 3.05) is 6.61 Å². The first kappa shape index (κ1) is 8.90. The molecule has 5 nitrogen and oxygen atoms in total. The average Bonchev–Trinajstić information content (AvgIpc) is 1.87. The summed E-state index contributed by atoms with van der Waals surface area (Å²) >= 11 is 0. The Balaban J connectivity index is 3.68. The summed E-state index contributed by atoms with van der Waals surface area (Å²) in [5, 5.41) is 10.4. The van der Waals surface area contributed by atoms with Crippen LogP contribution in [0.15, 0.2) is 0 Å². The summed E-state index contributed by atoms with van der Waals surface area (Å²) in [6.07, 6.45) is 0. The van der Waals surface area contributed by atoms with E-state index in [9.17, 15) is 9.59 Å². The Labute approximate surface area is 58.2 Å². The summed E-state index contributed by atoms with van der Waals surface area (Å²) in [6.45, 7) is 0.813. The molecule has 0 aromatic rings. The molecule has 0 rings (SSSR count). The first-order valence-corrected chi connectivity index (χ1v) is 2.77. The van der Waals surface area contributed by atoms with Gasteiger partial charge in [-0.2, -0.15) is 0 Å².